The number of carbonyl (C=O) groups is 1. The van der Waals surface area contributed by atoms with Gasteiger partial charge < -0.3 is 10.1 Å². The van der Waals surface area contributed by atoms with Crippen molar-refractivity contribution < 1.29 is 22.7 Å². The summed E-state index contributed by atoms with van der Waals surface area (Å²) in [6.07, 6.45) is 0. The summed E-state index contributed by atoms with van der Waals surface area (Å²) in [5.41, 5.74) is -0.475. The molecule has 0 atom stereocenters. The lowest BCUT2D eigenvalue weighted by Gasteiger charge is -2.33. The van der Waals surface area contributed by atoms with Crippen molar-refractivity contribution in [2.45, 2.75) is 5.67 Å². The van der Waals surface area contributed by atoms with Crippen molar-refractivity contribution in [3.63, 3.8) is 0 Å². The van der Waals surface area contributed by atoms with E-state index < -0.39 is 23.2 Å². The van der Waals surface area contributed by atoms with Crippen molar-refractivity contribution in [2.24, 2.45) is 0 Å². The zero-order valence-electron chi connectivity index (χ0n) is 13.1. The number of ether oxygens (including phenoxy) is 1. The molecule has 1 heterocycles. The van der Waals surface area contributed by atoms with Gasteiger partial charge in [-0.1, -0.05) is 11.8 Å². The van der Waals surface area contributed by atoms with E-state index in [0.717, 1.165) is 12.1 Å². The lowest BCUT2D eigenvalue weighted by Crippen LogP contribution is -2.53. The summed E-state index contributed by atoms with van der Waals surface area (Å²) in [4.78, 5) is 12.0. The van der Waals surface area contributed by atoms with Gasteiger partial charge in [0.1, 0.15) is 11.6 Å². The predicted molar refractivity (Wildman–Crippen MR) is 85.8 cm³/mol. The Labute approximate surface area is 142 Å². The van der Waals surface area contributed by atoms with Crippen LogP contribution in [-0.4, -0.2) is 31.3 Å². The van der Waals surface area contributed by atoms with Crippen LogP contribution in [0, 0.1) is 23.5 Å². The van der Waals surface area contributed by atoms with E-state index in [1.54, 1.807) is 24.3 Å². The van der Waals surface area contributed by atoms with Crippen molar-refractivity contribution in [1.82, 2.24) is 5.32 Å². The number of hydrogen-bond acceptors (Lipinski definition) is 2. The van der Waals surface area contributed by atoms with Gasteiger partial charge in [-0.25, -0.2) is 13.2 Å². The fourth-order valence-electron chi connectivity index (χ4n) is 2.20. The van der Waals surface area contributed by atoms with Gasteiger partial charge in [0.15, 0.2) is 5.67 Å². The van der Waals surface area contributed by atoms with Gasteiger partial charge in [0.25, 0.3) is 5.91 Å². The van der Waals surface area contributed by atoms with E-state index in [0.29, 0.717) is 11.1 Å². The molecule has 0 spiro atoms. The molecule has 1 aliphatic rings. The Hall–Kier alpha value is -2.78. The summed E-state index contributed by atoms with van der Waals surface area (Å²) in [7, 11) is 0. The predicted octanol–water partition coefficient (Wildman–Crippen LogP) is 2.83. The molecule has 1 saturated heterocycles. The van der Waals surface area contributed by atoms with Crippen LogP contribution in [0.15, 0.2) is 42.5 Å². The van der Waals surface area contributed by atoms with Crippen LogP contribution < -0.4 is 5.32 Å². The second-order valence-corrected chi connectivity index (χ2v) is 5.78. The van der Waals surface area contributed by atoms with Crippen molar-refractivity contribution in [3.8, 4) is 11.8 Å². The fraction of sp³-hybridized carbons (Fsp3) is 0.211. The van der Waals surface area contributed by atoms with E-state index in [9.17, 15) is 18.0 Å². The Morgan fingerprint density at radius 3 is 2.44 bits per heavy atom. The van der Waals surface area contributed by atoms with Crippen LogP contribution in [0.5, 0.6) is 0 Å². The molecule has 2 aromatic carbocycles. The molecule has 3 nitrogen and oxygen atoms in total. The molecule has 0 radical (unpaired) electrons. The second-order valence-electron chi connectivity index (χ2n) is 5.78. The molecule has 0 unspecified atom stereocenters. The Kier molecular flexibility index (Phi) is 4.77. The zero-order chi connectivity index (χ0) is 17.9. The van der Waals surface area contributed by atoms with E-state index in [1.165, 1.54) is 6.07 Å². The third-order valence-corrected chi connectivity index (χ3v) is 3.71. The molecule has 1 amide bonds. The highest BCUT2D eigenvalue weighted by atomic mass is 19.1. The molecule has 0 bridgehead atoms. The van der Waals surface area contributed by atoms with Gasteiger partial charge in [0, 0.05) is 17.2 Å². The molecule has 1 N–H and O–H groups in total. The quantitative estimate of drug-likeness (QED) is 0.869. The van der Waals surface area contributed by atoms with Gasteiger partial charge in [-0.15, -0.1) is 0 Å². The smallest absolute Gasteiger partial charge is 0.251 e. The van der Waals surface area contributed by atoms with Gasteiger partial charge in [-0.3, -0.25) is 4.79 Å². The first kappa shape index (κ1) is 17.1. The number of hydrogen-bond donors (Lipinski definition) is 1. The monoisotopic (exact) mass is 345 g/mol. The Morgan fingerprint density at radius 2 is 1.84 bits per heavy atom. The van der Waals surface area contributed by atoms with Crippen LogP contribution in [0.3, 0.4) is 0 Å². The lowest BCUT2D eigenvalue weighted by atomic mass is 10.0. The normalized spacial score (nSPS) is 14.8. The molecular formula is C19H14F3NO2. The van der Waals surface area contributed by atoms with E-state index in [-0.39, 0.29) is 25.3 Å². The van der Waals surface area contributed by atoms with Crippen LogP contribution in [0.4, 0.5) is 13.2 Å². The second kappa shape index (κ2) is 6.99. The van der Waals surface area contributed by atoms with Crippen molar-refractivity contribution in [1.29, 1.82) is 0 Å². The summed E-state index contributed by atoms with van der Waals surface area (Å²) in [5, 5.41) is 2.52. The first-order chi connectivity index (χ1) is 12.0. The number of carbonyl (C=O) groups excluding carboxylic acids is 1. The third kappa shape index (κ3) is 4.20. The summed E-state index contributed by atoms with van der Waals surface area (Å²) < 4.78 is 44.9. The number of alkyl halides is 1. The molecule has 128 valence electrons. The third-order valence-electron chi connectivity index (χ3n) is 3.71. The standard InChI is InChI=1S/C19H14F3NO2/c20-16-8-7-14(17(21)9-16)4-1-13-2-5-15(6-3-13)18(24)23-10-19(22)11-25-12-19/h2-3,5-9H,10-12H2,(H,23,24). The Balaban J connectivity index is 1.64. The van der Waals surface area contributed by atoms with Gasteiger partial charge >= 0.3 is 0 Å². The molecule has 25 heavy (non-hydrogen) atoms. The van der Waals surface area contributed by atoms with Gasteiger partial charge in [0.2, 0.25) is 0 Å². The lowest BCUT2D eigenvalue weighted by molar-refractivity contribution is -0.126. The molecule has 1 fully saturated rings. The summed E-state index contributed by atoms with van der Waals surface area (Å²) in [6, 6.07) is 9.44. The van der Waals surface area contributed by atoms with Gasteiger partial charge in [-0.2, -0.15) is 0 Å². The molecule has 0 aliphatic carbocycles. The summed E-state index contributed by atoms with van der Waals surface area (Å²) in [5.74, 6) is 3.56. The number of nitrogens with one attached hydrogen (secondary N) is 1. The Bertz CT molecular complexity index is 849. The average molecular weight is 345 g/mol. The molecule has 3 rings (SSSR count). The molecule has 1 aliphatic heterocycles. The summed E-state index contributed by atoms with van der Waals surface area (Å²) in [6.45, 7) is -0.124. The first-order valence-corrected chi connectivity index (χ1v) is 7.57. The first-order valence-electron chi connectivity index (χ1n) is 7.57. The topological polar surface area (TPSA) is 38.3 Å². The minimum Gasteiger partial charge on any atom is -0.374 e. The largest absolute Gasteiger partial charge is 0.374 e. The molecule has 2 aromatic rings. The van der Waals surface area contributed by atoms with Gasteiger partial charge in [0.05, 0.1) is 25.3 Å². The SMILES string of the molecule is O=C(NCC1(F)COC1)c1ccc(C#Cc2ccc(F)cc2F)cc1. The maximum Gasteiger partial charge on any atom is 0.251 e. The number of halogens is 3. The number of amides is 1. The number of rotatable bonds is 3. The maximum absolute atomic E-state index is 13.8. The highest BCUT2D eigenvalue weighted by Crippen LogP contribution is 2.20. The molecular weight excluding hydrogens is 331 g/mol. The van der Waals surface area contributed by atoms with Crippen LogP contribution in [0.25, 0.3) is 0 Å². The van der Waals surface area contributed by atoms with Crippen LogP contribution in [0.2, 0.25) is 0 Å². The van der Waals surface area contributed by atoms with Crippen LogP contribution >= 0.6 is 0 Å². The maximum atomic E-state index is 13.8. The molecule has 0 saturated carbocycles. The van der Waals surface area contributed by atoms with E-state index in [4.69, 9.17) is 4.74 Å². The number of benzene rings is 2. The van der Waals surface area contributed by atoms with Crippen LogP contribution in [-0.2, 0) is 4.74 Å². The molecule has 0 aromatic heterocycles. The van der Waals surface area contributed by atoms with Gasteiger partial charge in [-0.05, 0) is 36.4 Å². The highest BCUT2D eigenvalue weighted by Gasteiger charge is 2.38. The average Bonchev–Trinajstić information content (AvgIpc) is 2.58. The minimum absolute atomic E-state index is 0.0122. The van der Waals surface area contributed by atoms with Crippen molar-refractivity contribution in [3.05, 3.63) is 70.8 Å². The minimum atomic E-state index is -1.49. The fourth-order valence-corrected chi connectivity index (χ4v) is 2.20. The van der Waals surface area contributed by atoms with Crippen molar-refractivity contribution >= 4 is 5.91 Å². The molecule has 6 heteroatoms. The van der Waals surface area contributed by atoms with Crippen LogP contribution in [0.1, 0.15) is 21.5 Å². The van der Waals surface area contributed by atoms with E-state index >= 15 is 0 Å². The Morgan fingerprint density at radius 1 is 1.12 bits per heavy atom. The summed E-state index contributed by atoms with van der Waals surface area (Å²) >= 11 is 0. The zero-order valence-corrected chi connectivity index (χ0v) is 13.1. The van der Waals surface area contributed by atoms with E-state index in [2.05, 4.69) is 17.2 Å². The van der Waals surface area contributed by atoms with Crippen molar-refractivity contribution in [2.75, 3.05) is 19.8 Å². The van der Waals surface area contributed by atoms with E-state index in [1.807, 2.05) is 0 Å². The highest BCUT2D eigenvalue weighted by molar-refractivity contribution is 5.94.